The van der Waals surface area contributed by atoms with Crippen LogP contribution in [0.25, 0.3) is 43.5 Å². The molecule has 0 radical (unpaired) electrons. The first kappa shape index (κ1) is 15.0. The van der Waals surface area contributed by atoms with Crippen molar-refractivity contribution < 1.29 is 13.9 Å². The van der Waals surface area contributed by atoms with Crippen molar-refractivity contribution in [2.24, 2.45) is 0 Å². The van der Waals surface area contributed by atoms with E-state index >= 15 is 0 Å². The standard InChI is InChI=1S/C21H14O5/c1-3-10-7-12-15-13(8-10)25-21(24)17-16(15)19(26-20(12)23)14-9(2)5-4-6-11(14)18(17)22/h4-8,22H,3H2,1-2H3. The molecule has 0 aliphatic rings. The monoisotopic (exact) mass is 346 g/mol. The van der Waals surface area contributed by atoms with Gasteiger partial charge < -0.3 is 13.9 Å². The summed E-state index contributed by atoms with van der Waals surface area (Å²) in [7, 11) is 0. The van der Waals surface area contributed by atoms with Gasteiger partial charge in [-0.2, -0.15) is 0 Å². The van der Waals surface area contributed by atoms with Crippen LogP contribution in [0.2, 0.25) is 0 Å². The normalized spacial score (nSPS) is 12.1. The zero-order chi connectivity index (χ0) is 18.2. The average molecular weight is 346 g/mol. The Labute approximate surface area is 146 Å². The molecule has 5 heteroatoms. The molecule has 0 unspecified atom stereocenters. The first-order chi connectivity index (χ1) is 12.5. The molecule has 0 amide bonds. The van der Waals surface area contributed by atoms with E-state index in [-0.39, 0.29) is 11.1 Å². The number of fused-ring (bicyclic) bond motifs is 2. The average Bonchev–Trinajstić information content (AvgIpc) is 2.62. The molecule has 128 valence electrons. The Morgan fingerprint density at radius 2 is 1.73 bits per heavy atom. The van der Waals surface area contributed by atoms with Gasteiger partial charge >= 0.3 is 11.3 Å². The van der Waals surface area contributed by atoms with Crippen LogP contribution in [-0.2, 0) is 6.42 Å². The fourth-order valence-electron chi connectivity index (χ4n) is 3.87. The Kier molecular flexibility index (Phi) is 2.79. The van der Waals surface area contributed by atoms with Crippen LogP contribution in [-0.4, -0.2) is 5.11 Å². The Morgan fingerprint density at radius 1 is 0.923 bits per heavy atom. The molecule has 0 aliphatic carbocycles. The number of benzene rings is 3. The van der Waals surface area contributed by atoms with Crippen LogP contribution >= 0.6 is 0 Å². The van der Waals surface area contributed by atoms with Crippen LogP contribution in [0.3, 0.4) is 0 Å². The molecular formula is C21H14O5. The molecule has 5 aromatic rings. The summed E-state index contributed by atoms with van der Waals surface area (Å²) in [6.07, 6.45) is 0.687. The lowest BCUT2D eigenvalue weighted by Gasteiger charge is -2.13. The highest BCUT2D eigenvalue weighted by molar-refractivity contribution is 6.28. The predicted molar refractivity (Wildman–Crippen MR) is 101 cm³/mol. The Hall–Kier alpha value is -3.34. The second kappa shape index (κ2) is 4.85. The third-order valence-electron chi connectivity index (χ3n) is 5.11. The molecule has 26 heavy (non-hydrogen) atoms. The zero-order valence-corrected chi connectivity index (χ0v) is 14.2. The minimum absolute atomic E-state index is 0.0450. The highest BCUT2D eigenvalue weighted by atomic mass is 16.4. The third kappa shape index (κ3) is 1.69. The molecule has 5 nitrogen and oxygen atoms in total. The lowest BCUT2D eigenvalue weighted by Crippen LogP contribution is -2.08. The maximum absolute atomic E-state index is 12.7. The number of hydrogen-bond acceptors (Lipinski definition) is 5. The van der Waals surface area contributed by atoms with E-state index in [1.54, 1.807) is 24.3 Å². The van der Waals surface area contributed by atoms with E-state index in [4.69, 9.17) is 8.83 Å². The molecule has 0 saturated heterocycles. The smallest absolute Gasteiger partial charge is 0.348 e. The summed E-state index contributed by atoms with van der Waals surface area (Å²) in [6, 6.07) is 8.87. The molecule has 0 saturated carbocycles. The Bertz CT molecular complexity index is 1470. The summed E-state index contributed by atoms with van der Waals surface area (Å²) >= 11 is 0. The summed E-state index contributed by atoms with van der Waals surface area (Å²) in [6.45, 7) is 3.82. The van der Waals surface area contributed by atoms with Crippen molar-refractivity contribution in [2.75, 3.05) is 0 Å². The molecule has 2 heterocycles. The molecule has 3 aromatic carbocycles. The fraction of sp³-hybridized carbons (Fsp3) is 0.143. The van der Waals surface area contributed by atoms with Gasteiger partial charge in [0.25, 0.3) is 0 Å². The number of phenols is 1. The first-order valence-electron chi connectivity index (χ1n) is 8.41. The van der Waals surface area contributed by atoms with Crippen LogP contribution in [0.1, 0.15) is 18.1 Å². The minimum Gasteiger partial charge on any atom is -0.506 e. The van der Waals surface area contributed by atoms with Crippen molar-refractivity contribution in [3.05, 3.63) is 62.3 Å². The van der Waals surface area contributed by atoms with E-state index in [1.165, 1.54) is 0 Å². The van der Waals surface area contributed by atoms with Gasteiger partial charge in [0, 0.05) is 21.5 Å². The third-order valence-corrected chi connectivity index (χ3v) is 5.11. The van der Waals surface area contributed by atoms with E-state index in [1.807, 2.05) is 19.9 Å². The van der Waals surface area contributed by atoms with Crippen LogP contribution < -0.4 is 11.3 Å². The SMILES string of the molecule is CCc1cc2oc(=O)c3c(O)c4cccc(C)c4c4oc(=O)c(c1)c2c34. The molecule has 0 spiro atoms. The highest BCUT2D eigenvalue weighted by Gasteiger charge is 2.24. The number of hydrogen-bond donors (Lipinski definition) is 1. The van der Waals surface area contributed by atoms with Crippen molar-refractivity contribution in [3.63, 3.8) is 0 Å². The lowest BCUT2D eigenvalue weighted by atomic mass is 9.95. The summed E-state index contributed by atoms with van der Waals surface area (Å²) < 4.78 is 11.1. The second-order valence-electron chi connectivity index (χ2n) is 6.57. The van der Waals surface area contributed by atoms with Crippen molar-refractivity contribution in [1.82, 2.24) is 0 Å². The Morgan fingerprint density at radius 3 is 2.50 bits per heavy atom. The van der Waals surface area contributed by atoms with Crippen molar-refractivity contribution in [2.45, 2.75) is 20.3 Å². The van der Waals surface area contributed by atoms with Gasteiger partial charge in [0.05, 0.1) is 5.39 Å². The lowest BCUT2D eigenvalue weighted by molar-refractivity contribution is 0.483. The van der Waals surface area contributed by atoms with E-state index < -0.39 is 11.3 Å². The van der Waals surface area contributed by atoms with Crippen molar-refractivity contribution in [1.29, 1.82) is 0 Å². The molecule has 0 bridgehead atoms. The Balaban J connectivity index is 2.27. The highest BCUT2D eigenvalue weighted by Crippen LogP contribution is 2.42. The topological polar surface area (TPSA) is 80.7 Å². The molecule has 0 fully saturated rings. The molecule has 0 atom stereocenters. The summed E-state index contributed by atoms with van der Waals surface area (Å²) in [5.41, 5.74) is 1.23. The largest absolute Gasteiger partial charge is 0.506 e. The molecule has 0 aliphatic heterocycles. The van der Waals surface area contributed by atoms with Gasteiger partial charge in [0.15, 0.2) is 0 Å². The number of rotatable bonds is 1. The number of aryl methyl sites for hydroxylation is 2. The van der Waals surface area contributed by atoms with Crippen molar-refractivity contribution >= 4 is 43.5 Å². The van der Waals surface area contributed by atoms with E-state index in [2.05, 4.69) is 0 Å². The fourth-order valence-corrected chi connectivity index (χ4v) is 3.87. The maximum Gasteiger partial charge on any atom is 0.348 e. The summed E-state index contributed by atoms with van der Waals surface area (Å²) in [5, 5.41) is 13.2. The molecule has 1 N–H and O–H groups in total. The van der Waals surface area contributed by atoms with Gasteiger partial charge in [-0.15, -0.1) is 0 Å². The number of phenolic OH excluding ortho intramolecular Hbond substituents is 1. The molecule has 2 aromatic heterocycles. The molecule has 5 rings (SSSR count). The van der Waals surface area contributed by atoms with E-state index in [0.29, 0.717) is 44.5 Å². The minimum atomic E-state index is -0.646. The van der Waals surface area contributed by atoms with Gasteiger partial charge in [-0.05, 0) is 36.6 Å². The van der Waals surface area contributed by atoms with Crippen LogP contribution in [0.15, 0.2) is 48.8 Å². The quantitative estimate of drug-likeness (QED) is 0.279. The maximum atomic E-state index is 12.7. The predicted octanol–water partition coefficient (Wildman–Crippen LogP) is 4.22. The van der Waals surface area contributed by atoms with Crippen LogP contribution in [0, 0.1) is 6.92 Å². The summed E-state index contributed by atoms with van der Waals surface area (Å²) in [5.74, 6) is -0.151. The van der Waals surface area contributed by atoms with Gasteiger partial charge in [-0.1, -0.05) is 25.1 Å². The first-order valence-corrected chi connectivity index (χ1v) is 8.41. The number of aromatic hydroxyl groups is 1. The van der Waals surface area contributed by atoms with Gasteiger partial charge in [-0.25, -0.2) is 9.59 Å². The van der Waals surface area contributed by atoms with E-state index in [0.717, 1.165) is 11.1 Å². The second-order valence-corrected chi connectivity index (χ2v) is 6.57. The summed E-state index contributed by atoms with van der Waals surface area (Å²) in [4.78, 5) is 25.3. The van der Waals surface area contributed by atoms with Gasteiger partial charge in [0.1, 0.15) is 22.3 Å². The van der Waals surface area contributed by atoms with Gasteiger partial charge in [0.2, 0.25) is 0 Å². The van der Waals surface area contributed by atoms with Gasteiger partial charge in [-0.3, -0.25) is 0 Å². The van der Waals surface area contributed by atoms with Crippen molar-refractivity contribution in [3.8, 4) is 5.75 Å². The zero-order valence-electron chi connectivity index (χ0n) is 14.2. The molecular weight excluding hydrogens is 332 g/mol. The van der Waals surface area contributed by atoms with Crippen LogP contribution in [0.4, 0.5) is 0 Å². The van der Waals surface area contributed by atoms with Crippen LogP contribution in [0.5, 0.6) is 5.75 Å². The van der Waals surface area contributed by atoms with E-state index in [9.17, 15) is 14.7 Å².